The van der Waals surface area contributed by atoms with Gasteiger partial charge in [-0.25, -0.2) is 0 Å². The zero-order valence-corrected chi connectivity index (χ0v) is 25.8. The van der Waals surface area contributed by atoms with Crippen molar-refractivity contribution in [3.63, 3.8) is 0 Å². The van der Waals surface area contributed by atoms with E-state index >= 15 is 0 Å². The summed E-state index contributed by atoms with van der Waals surface area (Å²) in [6.07, 6.45) is 46.0. The Morgan fingerprint density at radius 3 is 1.21 bits per heavy atom. The summed E-state index contributed by atoms with van der Waals surface area (Å²) < 4.78 is 0. The molecule has 0 aromatic rings. The number of aliphatic carboxylic acids is 1. The minimum absolute atomic E-state index is 0.129. The summed E-state index contributed by atoms with van der Waals surface area (Å²) >= 11 is 0. The second-order valence-electron chi connectivity index (χ2n) is 11.4. The first-order valence-electron chi connectivity index (χ1n) is 16.9. The molecule has 0 bridgehead atoms. The van der Waals surface area contributed by atoms with E-state index in [0.717, 1.165) is 38.5 Å². The molecule has 2 nitrogen and oxygen atoms in total. The highest BCUT2D eigenvalue weighted by atomic mass is 16.4. The third kappa shape index (κ3) is 29.2. The predicted octanol–water partition coefficient (Wildman–Crippen LogP) is 12.5. The molecule has 0 aromatic heterocycles. The Morgan fingerprint density at radius 1 is 0.474 bits per heavy atom. The zero-order valence-electron chi connectivity index (χ0n) is 25.8. The second kappa shape index (κ2) is 31.9. The molecular formula is C36H66O2. The SMILES string of the molecule is CCCCC/C=C\C/C=C\CCCCCCC(CCCCCCCC/C=C\CCCCCCCC)C(=O)O. The van der Waals surface area contributed by atoms with Crippen molar-refractivity contribution >= 4 is 5.97 Å². The number of carboxylic acids is 1. The van der Waals surface area contributed by atoms with E-state index in [9.17, 15) is 9.90 Å². The molecule has 1 atom stereocenters. The number of allylic oxidation sites excluding steroid dienone is 6. The third-order valence-corrected chi connectivity index (χ3v) is 7.67. The topological polar surface area (TPSA) is 37.3 Å². The Bertz CT molecular complexity index is 560. The highest BCUT2D eigenvalue weighted by Crippen LogP contribution is 2.19. The maximum Gasteiger partial charge on any atom is 0.306 e. The lowest BCUT2D eigenvalue weighted by Crippen LogP contribution is -2.13. The summed E-state index contributed by atoms with van der Waals surface area (Å²) in [5.74, 6) is -0.709. The molecular weight excluding hydrogens is 464 g/mol. The summed E-state index contributed by atoms with van der Waals surface area (Å²) in [6, 6.07) is 0. The number of hydrogen-bond acceptors (Lipinski definition) is 1. The van der Waals surface area contributed by atoms with Gasteiger partial charge in [0, 0.05) is 0 Å². The van der Waals surface area contributed by atoms with Crippen molar-refractivity contribution in [2.24, 2.45) is 5.92 Å². The van der Waals surface area contributed by atoms with E-state index in [2.05, 4.69) is 50.3 Å². The largest absolute Gasteiger partial charge is 0.481 e. The quantitative estimate of drug-likeness (QED) is 0.0740. The first kappa shape index (κ1) is 36.7. The lowest BCUT2D eigenvalue weighted by Gasteiger charge is -2.12. The van der Waals surface area contributed by atoms with Crippen LogP contribution < -0.4 is 0 Å². The smallest absolute Gasteiger partial charge is 0.306 e. The molecule has 0 aliphatic carbocycles. The molecule has 0 spiro atoms. The summed E-state index contributed by atoms with van der Waals surface area (Å²) in [5, 5.41) is 9.58. The molecule has 1 unspecified atom stereocenters. The van der Waals surface area contributed by atoms with E-state index < -0.39 is 5.97 Å². The average Bonchev–Trinajstić information content (AvgIpc) is 2.91. The van der Waals surface area contributed by atoms with Crippen molar-refractivity contribution in [2.45, 2.75) is 181 Å². The van der Waals surface area contributed by atoms with E-state index in [1.54, 1.807) is 0 Å². The van der Waals surface area contributed by atoms with Gasteiger partial charge in [-0.05, 0) is 70.6 Å². The predicted molar refractivity (Wildman–Crippen MR) is 170 cm³/mol. The van der Waals surface area contributed by atoms with Crippen molar-refractivity contribution in [1.29, 1.82) is 0 Å². The molecule has 222 valence electrons. The molecule has 0 aromatic carbocycles. The molecule has 0 amide bonds. The van der Waals surface area contributed by atoms with Gasteiger partial charge in [0.25, 0.3) is 0 Å². The van der Waals surface area contributed by atoms with E-state index in [-0.39, 0.29) is 5.92 Å². The number of hydrogen-bond donors (Lipinski definition) is 1. The van der Waals surface area contributed by atoms with Crippen molar-refractivity contribution in [2.75, 3.05) is 0 Å². The second-order valence-corrected chi connectivity index (χ2v) is 11.4. The van der Waals surface area contributed by atoms with Gasteiger partial charge in [-0.2, -0.15) is 0 Å². The average molecular weight is 531 g/mol. The van der Waals surface area contributed by atoms with Crippen LogP contribution in [0.5, 0.6) is 0 Å². The van der Waals surface area contributed by atoms with Crippen molar-refractivity contribution in [1.82, 2.24) is 0 Å². The van der Waals surface area contributed by atoms with Gasteiger partial charge in [-0.3, -0.25) is 4.79 Å². The molecule has 0 rings (SSSR count). The van der Waals surface area contributed by atoms with Crippen LogP contribution in [-0.4, -0.2) is 11.1 Å². The van der Waals surface area contributed by atoms with E-state index in [1.807, 2.05) is 0 Å². The van der Waals surface area contributed by atoms with Gasteiger partial charge in [0.15, 0.2) is 0 Å². The molecule has 0 heterocycles. The van der Waals surface area contributed by atoms with Gasteiger partial charge in [-0.15, -0.1) is 0 Å². The summed E-state index contributed by atoms with van der Waals surface area (Å²) in [6.45, 7) is 4.52. The van der Waals surface area contributed by atoms with Gasteiger partial charge in [-0.1, -0.05) is 147 Å². The van der Waals surface area contributed by atoms with Gasteiger partial charge in [0.05, 0.1) is 5.92 Å². The van der Waals surface area contributed by atoms with Crippen LogP contribution in [-0.2, 0) is 4.79 Å². The fourth-order valence-electron chi connectivity index (χ4n) is 5.05. The summed E-state index contributed by atoms with van der Waals surface area (Å²) in [5.41, 5.74) is 0. The Hall–Kier alpha value is -1.31. The molecule has 0 aliphatic rings. The van der Waals surface area contributed by atoms with E-state index in [1.165, 1.54) is 128 Å². The molecule has 38 heavy (non-hydrogen) atoms. The van der Waals surface area contributed by atoms with Crippen molar-refractivity contribution in [3.8, 4) is 0 Å². The fourth-order valence-corrected chi connectivity index (χ4v) is 5.05. The highest BCUT2D eigenvalue weighted by molar-refractivity contribution is 5.69. The first-order chi connectivity index (χ1) is 18.7. The van der Waals surface area contributed by atoms with Crippen molar-refractivity contribution in [3.05, 3.63) is 36.5 Å². The van der Waals surface area contributed by atoms with Gasteiger partial charge >= 0.3 is 5.97 Å². The molecule has 0 saturated carbocycles. The third-order valence-electron chi connectivity index (χ3n) is 7.67. The Kier molecular flexibility index (Phi) is 30.8. The van der Waals surface area contributed by atoms with Crippen LogP contribution in [0.15, 0.2) is 36.5 Å². The van der Waals surface area contributed by atoms with Gasteiger partial charge in [0.1, 0.15) is 0 Å². The molecule has 0 aliphatic heterocycles. The minimum Gasteiger partial charge on any atom is -0.481 e. The fraction of sp³-hybridized carbons (Fsp3) is 0.806. The maximum absolute atomic E-state index is 11.6. The van der Waals surface area contributed by atoms with Gasteiger partial charge in [0.2, 0.25) is 0 Å². The van der Waals surface area contributed by atoms with Gasteiger partial charge < -0.3 is 5.11 Å². The molecule has 1 N–H and O–H groups in total. The molecule has 2 heteroatoms. The highest BCUT2D eigenvalue weighted by Gasteiger charge is 2.16. The van der Waals surface area contributed by atoms with Crippen LogP contribution in [0.2, 0.25) is 0 Å². The van der Waals surface area contributed by atoms with Crippen molar-refractivity contribution < 1.29 is 9.90 Å². The standard InChI is InChI=1S/C36H66O2/c1-3-5-7-9-11-13-15-17-19-20-22-24-26-28-30-32-34-35(36(37)38)33-31-29-27-25-23-21-18-16-14-12-10-8-6-4-2/h12,14,17-19,21,35H,3-11,13,15-16,20,22-34H2,1-2H3,(H,37,38)/b14-12-,19-17-,21-18-. The Morgan fingerprint density at radius 2 is 0.789 bits per heavy atom. The number of carbonyl (C=O) groups is 1. The number of carboxylic acid groups (broad SMARTS) is 1. The monoisotopic (exact) mass is 531 g/mol. The first-order valence-corrected chi connectivity index (χ1v) is 16.9. The molecule has 0 saturated heterocycles. The lowest BCUT2D eigenvalue weighted by atomic mass is 9.94. The van der Waals surface area contributed by atoms with Crippen LogP contribution in [0.3, 0.4) is 0 Å². The number of rotatable bonds is 30. The van der Waals surface area contributed by atoms with Crippen LogP contribution in [0.1, 0.15) is 181 Å². The summed E-state index contributed by atoms with van der Waals surface area (Å²) in [4.78, 5) is 11.6. The Balaban J connectivity index is 3.52. The normalized spacial score (nSPS) is 12.9. The van der Waals surface area contributed by atoms with Crippen LogP contribution >= 0.6 is 0 Å². The lowest BCUT2D eigenvalue weighted by molar-refractivity contribution is -0.142. The molecule has 0 fully saturated rings. The van der Waals surface area contributed by atoms with Crippen LogP contribution in [0.25, 0.3) is 0 Å². The van der Waals surface area contributed by atoms with Crippen LogP contribution in [0.4, 0.5) is 0 Å². The number of unbranched alkanes of at least 4 members (excludes halogenated alkanes) is 19. The minimum atomic E-state index is -0.580. The summed E-state index contributed by atoms with van der Waals surface area (Å²) in [7, 11) is 0. The Labute approximate surface area is 238 Å². The van der Waals surface area contributed by atoms with E-state index in [0.29, 0.717) is 0 Å². The van der Waals surface area contributed by atoms with E-state index in [4.69, 9.17) is 0 Å². The zero-order chi connectivity index (χ0) is 27.8. The molecule has 0 radical (unpaired) electrons. The van der Waals surface area contributed by atoms with Crippen LogP contribution in [0, 0.1) is 5.92 Å². The maximum atomic E-state index is 11.6.